The molecule has 0 bridgehead atoms. The summed E-state index contributed by atoms with van der Waals surface area (Å²) < 4.78 is 28.8. The molecule has 0 saturated heterocycles. The van der Waals surface area contributed by atoms with E-state index in [0.29, 0.717) is 40.3 Å². The smallest absolute Gasteiger partial charge is 0.246 e. The van der Waals surface area contributed by atoms with Crippen molar-refractivity contribution in [2.75, 3.05) is 27.0 Å². The average Bonchev–Trinajstić information content (AvgIpc) is 3.22. The summed E-state index contributed by atoms with van der Waals surface area (Å²) in [6.45, 7) is 0.196. The fourth-order valence-electron chi connectivity index (χ4n) is 2.65. The quantitative estimate of drug-likeness (QED) is 0.510. The lowest BCUT2D eigenvalue weighted by Gasteiger charge is -2.14. The maximum Gasteiger partial charge on any atom is 0.246 e. The predicted octanol–water partition coefficient (Wildman–Crippen LogP) is 3.78. The first kappa shape index (κ1) is 21.6. The molecular formula is C21H22FN3O4S. The molecule has 158 valence electrons. The van der Waals surface area contributed by atoms with Gasteiger partial charge in [0.25, 0.3) is 0 Å². The number of aromatic nitrogens is 2. The lowest BCUT2D eigenvalue weighted by atomic mass is 10.2. The van der Waals surface area contributed by atoms with Crippen molar-refractivity contribution in [2.45, 2.75) is 12.3 Å². The third-order valence-electron chi connectivity index (χ3n) is 4.32. The van der Waals surface area contributed by atoms with Gasteiger partial charge >= 0.3 is 0 Å². The first-order chi connectivity index (χ1) is 14.5. The van der Waals surface area contributed by atoms with Crippen LogP contribution in [0.3, 0.4) is 0 Å². The highest BCUT2D eigenvalue weighted by Crippen LogP contribution is 2.31. The van der Waals surface area contributed by atoms with Crippen LogP contribution in [-0.2, 0) is 17.1 Å². The van der Waals surface area contributed by atoms with Crippen LogP contribution in [0.5, 0.6) is 11.5 Å². The summed E-state index contributed by atoms with van der Waals surface area (Å²) >= 11 is 1.46. The van der Waals surface area contributed by atoms with Gasteiger partial charge in [0.1, 0.15) is 17.3 Å². The van der Waals surface area contributed by atoms with Gasteiger partial charge < -0.3 is 18.9 Å². The van der Waals surface area contributed by atoms with Crippen LogP contribution in [0, 0.1) is 5.82 Å². The van der Waals surface area contributed by atoms with E-state index in [2.05, 4.69) is 10.1 Å². The number of rotatable bonds is 9. The van der Waals surface area contributed by atoms with Gasteiger partial charge in [0.2, 0.25) is 17.6 Å². The Hall–Kier alpha value is -3.07. The summed E-state index contributed by atoms with van der Waals surface area (Å²) in [5, 5.41) is 3.99. The van der Waals surface area contributed by atoms with Crippen molar-refractivity contribution in [3.05, 3.63) is 59.7 Å². The summed E-state index contributed by atoms with van der Waals surface area (Å²) in [5.74, 6) is 2.49. The van der Waals surface area contributed by atoms with Gasteiger partial charge in [0, 0.05) is 18.9 Å². The molecule has 9 heteroatoms. The van der Waals surface area contributed by atoms with Gasteiger partial charge in [-0.05, 0) is 29.8 Å². The second-order valence-electron chi connectivity index (χ2n) is 6.45. The van der Waals surface area contributed by atoms with Crippen molar-refractivity contribution in [1.82, 2.24) is 15.0 Å². The number of amides is 1. The van der Waals surface area contributed by atoms with E-state index in [1.165, 1.54) is 28.8 Å². The molecule has 0 aliphatic carbocycles. The van der Waals surface area contributed by atoms with E-state index in [1.54, 1.807) is 51.6 Å². The number of methoxy groups -OCH3 is 2. The van der Waals surface area contributed by atoms with Crippen LogP contribution < -0.4 is 9.47 Å². The van der Waals surface area contributed by atoms with Gasteiger partial charge in [-0.3, -0.25) is 4.79 Å². The van der Waals surface area contributed by atoms with Crippen LogP contribution >= 0.6 is 11.8 Å². The Balaban J connectivity index is 1.56. The Bertz CT molecular complexity index is 994. The Morgan fingerprint density at radius 2 is 1.93 bits per heavy atom. The number of hydrogen-bond acceptors (Lipinski definition) is 7. The Labute approximate surface area is 178 Å². The summed E-state index contributed by atoms with van der Waals surface area (Å²) in [7, 11) is 4.81. The maximum atomic E-state index is 12.9. The summed E-state index contributed by atoms with van der Waals surface area (Å²) in [5.41, 5.74) is 1.63. The molecule has 0 unspecified atom stereocenters. The number of hydrogen-bond donors (Lipinski definition) is 0. The van der Waals surface area contributed by atoms with Crippen LogP contribution in [-0.4, -0.2) is 48.0 Å². The van der Waals surface area contributed by atoms with Crippen molar-refractivity contribution in [2.24, 2.45) is 0 Å². The number of ether oxygens (including phenoxy) is 2. The van der Waals surface area contributed by atoms with E-state index in [9.17, 15) is 9.18 Å². The lowest BCUT2D eigenvalue weighted by molar-refractivity contribution is -0.127. The number of halogens is 1. The van der Waals surface area contributed by atoms with Crippen LogP contribution in [0.4, 0.5) is 4.39 Å². The number of carbonyl (C=O) groups is 1. The summed E-state index contributed by atoms with van der Waals surface area (Å²) in [6, 6.07) is 11.5. The number of thioether (sulfide) groups is 1. The fraction of sp³-hybridized carbons (Fsp3) is 0.286. The highest BCUT2D eigenvalue weighted by atomic mass is 32.2. The molecule has 0 radical (unpaired) electrons. The zero-order valence-corrected chi connectivity index (χ0v) is 17.7. The van der Waals surface area contributed by atoms with E-state index < -0.39 is 0 Å². The minimum absolute atomic E-state index is 0.0658. The fourth-order valence-corrected chi connectivity index (χ4v) is 3.58. The highest BCUT2D eigenvalue weighted by molar-refractivity contribution is 7.99. The molecular weight excluding hydrogens is 409 g/mol. The van der Waals surface area contributed by atoms with E-state index in [1.807, 2.05) is 0 Å². The van der Waals surface area contributed by atoms with Crippen molar-refractivity contribution < 1.29 is 23.2 Å². The number of benzene rings is 2. The SMILES string of the molecule is COc1ccc(-c2noc(CN(C)C(=O)CSCc3ccc(F)cc3)n2)c(OC)c1. The van der Waals surface area contributed by atoms with Crippen LogP contribution in [0.25, 0.3) is 11.4 Å². The van der Waals surface area contributed by atoms with E-state index in [-0.39, 0.29) is 18.3 Å². The van der Waals surface area contributed by atoms with Gasteiger partial charge in [-0.1, -0.05) is 17.3 Å². The molecule has 0 aliphatic heterocycles. The Kier molecular flexibility index (Phi) is 7.29. The third-order valence-corrected chi connectivity index (χ3v) is 5.31. The molecule has 3 rings (SSSR count). The first-order valence-corrected chi connectivity index (χ1v) is 10.3. The highest BCUT2D eigenvalue weighted by Gasteiger charge is 2.17. The topological polar surface area (TPSA) is 77.7 Å². The second-order valence-corrected chi connectivity index (χ2v) is 7.43. The van der Waals surface area contributed by atoms with E-state index >= 15 is 0 Å². The number of carbonyl (C=O) groups excluding carboxylic acids is 1. The summed E-state index contributed by atoms with van der Waals surface area (Å²) in [6.07, 6.45) is 0. The predicted molar refractivity (Wildman–Crippen MR) is 112 cm³/mol. The molecule has 0 saturated carbocycles. The lowest BCUT2D eigenvalue weighted by Crippen LogP contribution is -2.28. The molecule has 30 heavy (non-hydrogen) atoms. The molecule has 3 aromatic rings. The minimum atomic E-state index is -0.272. The molecule has 0 spiro atoms. The van der Waals surface area contributed by atoms with Crippen LogP contribution in [0.15, 0.2) is 47.0 Å². The van der Waals surface area contributed by atoms with Gasteiger partial charge in [-0.2, -0.15) is 4.98 Å². The van der Waals surface area contributed by atoms with Crippen molar-refractivity contribution in [1.29, 1.82) is 0 Å². The third kappa shape index (κ3) is 5.50. The standard InChI is InChI=1S/C21H22FN3O4S/c1-25(20(26)13-30-12-14-4-6-15(22)7-5-14)11-19-23-21(24-29-19)17-9-8-16(27-2)10-18(17)28-3/h4-10H,11-13H2,1-3H3. The van der Waals surface area contributed by atoms with Gasteiger partial charge in [-0.25, -0.2) is 4.39 Å². The Morgan fingerprint density at radius 3 is 2.63 bits per heavy atom. The van der Waals surface area contributed by atoms with E-state index in [0.717, 1.165) is 5.56 Å². The van der Waals surface area contributed by atoms with E-state index in [4.69, 9.17) is 14.0 Å². The van der Waals surface area contributed by atoms with Crippen molar-refractivity contribution in [3.63, 3.8) is 0 Å². The molecule has 1 aromatic heterocycles. The van der Waals surface area contributed by atoms with Crippen molar-refractivity contribution in [3.8, 4) is 22.9 Å². The largest absolute Gasteiger partial charge is 0.497 e. The molecule has 0 atom stereocenters. The summed E-state index contributed by atoms with van der Waals surface area (Å²) in [4.78, 5) is 18.3. The average molecular weight is 431 g/mol. The molecule has 1 amide bonds. The second kappa shape index (κ2) is 10.1. The Morgan fingerprint density at radius 1 is 1.17 bits per heavy atom. The molecule has 1 heterocycles. The molecule has 0 fully saturated rings. The first-order valence-electron chi connectivity index (χ1n) is 9.11. The molecule has 0 N–H and O–H groups in total. The zero-order valence-electron chi connectivity index (χ0n) is 16.9. The van der Waals surface area contributed by atoms with Crippen LogP contribution in [0.1, 0.15) is 11.5 Å². The molecule has 7 nitrogen and oxygen atoms in total. The maximum absolute atomic E-state index is 12.9. The van der Waals surface area contributed by atoms with Crippen molar-refractivity contribution >= 4 is 17.7 Å². The van der Waals surface area contributed by atoms with Gasteiger partial charge in [-0.15, -0.1) is 11.8 Å². The minimum Gasteiger partial charge on any atom is -0.497 e. The number of nitrogens with zero attached hydrogens (tertiary/aromatic N) is 3. The monoisotopic (exact) mass is 431 g/mol. The zero-order chi connectivity index (χ0) is 21.5. The normalized spacial score (nSPS) is 10.7. The molecule has 2 aromatic carbocycles. The molecule has 0 aliphatic rings. The van der Waals surface area contributed by atoms with Gasteiger partial charge in [0.15, 0.2) is 0 Å². The van der Waals surface area contributed by atoms with Gasteiger partial charge in [0.05, 0.1) is 32.1 Å². The van der Waals surface area contributed by atoms with Crippen LogP contribution in [0.2, 0.25) is 0 Å².